The second-order valence-corrected chi connectivity index (χ2v) is 8.55. The van der Waals surface area contributed by atoms with Gasteiger partial charge in [-0.15, -0.1) is 0 Å². The third-order valence-electron chi connectivity index (χ3n) is 4.28. The van der Waals surface area contributed by atoms with Crippen LogP contribution in [0.2, 0.25) is 0 Å². The number of sulfone groups is 1. The number of rotatable bonds is 5. The van der Waals surface area contributed by atoms with E-state index in [2.05, 4.69) is 5.32 Å². The SMILES string of the molecule is CNC1CCCc2c1ccc(=O)n2CCS(=O)(=O)C(C)C. The van der Waals surface area contributed by atoms with Gasteiger partial charge in [0.1, 0.15) is 0 Å². The maximum atomic E-state index is 12.1. The highest BCUT2D eigenvalue weighted by Crippen LogP contribution is 2.28. The monoisotopic (exact) mass is 312 g/mol. The van der Waals surface area contributed by atoms with E-state index in [1.807, 2.05) is 13.1 Å². The van der Waals surface area contributed by atoms with Crippen molar-refractivity contribution >= 4 is 9.84 Å². The fourth-order valence-electron chi connectivity index (χ4n) is 2.86. The lowest BCUT2D eigenvalue weighted by molar-refractivity contribution is 0.470. The van der Waals surface area contributed by atoms with Gasteiger partial charge in [0.25, 0.3) is 5.56 Å². The highest BCUT2D eigenvalue weighted by atomic mass is 32.2. The van der Waals surface area contributed by atoms with Gasteiger partial charge in [0.2, 0.25) is 0 Å². The average Bonchev–Trinajstić information content (AvgIpc) is 2.45. The molecule has 5 nitrogen and oxygen atoms in total. The second-order valence-electron chi connectivity index (χ2n) is 5.87. The quantitative estimate of drug-likeness (QED) is 0.889. The fraction of sp³-hybridized carbons (Fsp3) is 0.667. The molecule has 2 rings (SSSR count). The molecule has 0 aromatic carbocycles. The Hall–Kier alpha value is -1.14. The van der Waals surface area contributed by atoms with Crippen LogP contribution in [0.5, 0.6) is 0 Å². The van der Waals surface area contributed by atoms with Gasteiger partial charge < -0.3 is 9.88 Å². The van der Waals surface area contributed by atoms with E-state index >= 15 is 0 Å². The van der Waals surface area contributed by atoms with Crippen LogP contribution in [-0.2, 0) is 22.8 Å². The molecule has 0 amide bonds. The maximum absolute atomic E-state index is 12.1. The second kappa shape index (κ2) is 6.32. The smallest absolute Gasteiger partial charge is 0.250 e. The third kappa shape index (κ3) is 3.37. The number of pyridine rings is 1. The van der Waals surface area contributed by atoms with E-state index in [1.54, 1.807) is 24.5 Å². The number of nitrogens with one attached hydrogen (secondary N) is 1. The number of nitrogens with zero attached hydrogens (tertiary/aromatic N) is 1. The van der Waals surface area contributed by atoms with Crippen LogP contribution in [0.25, 0.3) is 0 Å². The number of aromatic nitrogens is 1. The van der Waals surface area contributed by atoms with Crippen molar-refractivity contribution in [2.24, 2.45) is 0 Å². The molecule has 1 N–H and O–H groups in total. The van der Waals surface area contributed by atoms with Crippen LogP contribution in [0.1, 0.15) is 44.0 Å². The summed E-state index contributed by atoms with van der Waals surface area (Å²) in [5.74, 6) is 0.0191. The van der Waals surface area contributed by atoms with E-state index in [4.69, 9.17) is 0 Å². The van der Waals surface area contributed by atoms with Crippen molar-refractivity contribution in [3.63, 3.8) is 0 Å². The number of hydrogen-bond donors (Lipinski definition) is 1. The van der Waals surface area contributed by atoms with Crippen LogP contribution in [-0.4, -0.2) is 31.0 Å². The highest BCUT2D eigenvalue weighted by Gasteiger charge is 2.23. The summed E-state index contributed by atoms with van der Waals surface area (Å²) in [5.41, 5.74) is 2.02. The summed E-state index contributed by atoms with van der Waals surface area (Å²) in [6, 6.07) is 3.68. The summed E-state index contributed by atoms with van der Waals surface area (Å²) in [7, 11) is -1.22. The van der Waals surface area contributed by atoms with Crippen molar-refractivity contribution in [1.82, 2.24) is 9.88 Å². The lowest BCUT2D eigenvalue weighted by atomic mass is 9.91. The lowest BCUT2D eigenvalue weighted by Gasteiger charge is -2.27. The first kappa shape index (κ1) is 16.2. The summed E-state index contributed by atoms with van der Waals surface area (Å²) in [6.07, 6.45) is 2.90. The van der Waals surface area contributed by atoms with Crippen molar-refractivity contribution in [3.8, 4) is 0 Å². The standard InChI is InChI=1S/C15H24N2O3S/c1-11(2)21(19,20)10-9-17-14-6-4-5-13(16-3)12(14)7-8-15(17)18/h7-8,11,13,16H,4-6,9-10H2,1-3H3. The van der Waals surface area contributed by atoms with E-state index in [0.717, 1.165) is 30.5 Å². The fourth-order valence-corrected chi connectivity index (χ4v) is 3.77. The molecule has 0 spiro atoms. The van der Waals surface area contributed by atoms with Crippen LogP contribution in [0.3, 0.4) is 0 Å². The van der Waals surface area contributed by atoms with Gasteiger partial charge in [-0.05, 0) is 45.7 Å². The molecule has 0 saturated heterocycles. The van der Waals surface area contributed by atoms with Gasteiger partial charge in [0, 0.05) is 24.3 Å². The minimum Gasteiger partial charge on any atom is -0.313 e. The van der Waals surface area contributed by atoms with Crippen LogP contribution in [0, 0.1) is 0 Å². The Bertz CT molecular complexity index is 662. The molecule has 21 heavy (non-hydrogen) atoms. The highest BCUT2D eigenvalue weighted by molar-refractivity contribution is 7.91. The minimum absolute atomic E-state index is 0.0191. The van der Waals surface area contributed by atoms with Gasteiger partial charge in [-0.2, -0.15) is 0 Å². The topological polar surface area (TPSA) is 68.2 Å². The van der Waals surface area contributed by atoms with Crippen molar-refractivity contribution in [3.05, 3.63) is 33.7 Å². The Morgan fingerprint density at radius 1 is 1.38 bits per heavy atom. The summed E-state index contributed by atoms with van der Waals surface area (Å²) in [4.78, 5) is 12.1. The van der Waals surface area contributed by atoms with Gasteiger partial charge in [0.15, 0.2) is 9.84 Å². The first-order valence-electron chi connectivity index (χ1n) is 7.48. The molecule has 1 aliphatic carbocycles. The molecule has 6 heteroatoms. The van der Waals surface area contributed by atoms with E-state index in [0.29, 0.717) is 0 Å². The summed E-state index contributed by atoms with van der Waals surface area (Å²) < 4.78 is 25.6. The summed E-state index contributed by atoms with van der Waals surface area (Å²) >= 11 is 0. The Kier molecular flexibility index (Phi) is 4.88. The molecular weight excluding hydrogens is 288 g/mol. The van der Waals surface area contributed by atoms with Gasteiger partial charge in [-0.25, -0.2) is 8.42 Å². The maximum Gasteiger partial charge on any atom is 0.250 e. The molecule has 1 aliphatic rings. The van der Waals surface area contributed by atoms with Crippen LogP contribution in [0.15, 0.2) is 16.9 Å². The molecule has 0 fully saturated rings. The molecule has 0 bridgehead atoms. The zero-order chi connectivity index (χ0) is 15.6. The van der Waals surface area contributed by atoms with Crippen LogP contribution < -0.4 is 10.9 Å². The van der Waals surface area contributed by atoms with E-state index in [1.165, 1.54) is 0 Å². The first-order valence-corrected chi connectivity index (χ1v) is 9.20. The lowest BCUT2D eigenvalue weighted by Crippen LogP contribution is -2.33. The van der Waals surface area contributed by atoms with Gasteiger partial charge in [0.05, 0.1) is 11.0 Å². The Morgan fingerprint density at radius 2 is 2.10 bits per heavy atom. The Balaban J connectivity index is 2.34. The first-order chi connectivity index (χ1) is 9.86. The minimum atomic E-state index is -3.13. The molecule has 118 valence electrons. The zero-order valence-electron chi connectivity index (χ0n) is 12.9. The largest absolute Gasteiger partial charge is 0.313 e. The van der Waals surface area contributed by atoms with Gasteiger partial charge >= 0.3 is 0 Å². The molecule has 0 aliphatic heterocycles. The molecule has 1 aromatic rings. The van der Waals surface area contributed by atoms with Crippen molar-refractivity contribution in [2.75, 3.05) is 12.8 Å². The van der Waals surface area contributed by atoms with Crippen LogP contribution >= 0.6 is 0 Å². The molecule has 0 radical (unpaired) electrons. The molecular formula is C15H24N2O3S. The summed E-state index contributed by atoms with van der Waals surface area (Å²) in [6.45, 7) is 3.60. The number of fused-ring (bicyclic) bond motifs is 1. The van der Waals surface area contributed by atoms with Crippen LogP contribution in [0.4, 0.5) is 0 Å². The molecule has 1 aromatic heterocycles. The molecule has 1 heterocycles. The average molecular weight is 312 g/mol. The molecule has 1 unspecified atom stereocenters. The number of hydrogen-bond acceptors (Lipinski definition) is 4. The predicted molar refractivity (Wildman–Crippen MR) is 84.4 cm³/mol. The van der Waals surface area contributed by atoms with Gasteiger partial charge in [-0.1, -0.05) is 6.07 Å². The normalized spacial score (nSPS) is 18.8. The summed E-state index contributed by atoms with van der Waals surface area (Å²) in [5, 5.41) is 2.86. The molecule has 0 saturated carbocycles. The van der Waals surface area contributed by atoms with E-state index in [9.17, 15) is 13.2 Å². The van der Waals surface area contributed by atoms with E-state index in [-0.39, 0.29) is 23.9 Å². The molecule has 1 atom stereocenters. The third-order valence-corrected chi connectivity index (χ3v) is 6.47. The Morgan fingerprint density at radius 3 is 2.71 bits per heavy atom. The predicted octanol–water partition coefficient (Wildman–Crippen LogP) is 1.27. The van der Waals surface area contributed by atoms with E-state index < -0.39 is 15.1 Å². The van der Waals surface area contributed by atoms with Crippen molar-refractivity contribution in [1.29, 1.82) is 0 Å². The van der Waals surface area contributed by atoms with Crippen molar-refractivity contribution < 1.29 is 8.42 Å². The zero-order valence-corrected chi connectivity index (χ0v) is 13.7. The Labute approximate surface area is 126 Å². The van der Waals surface area contributed by atoms with Gasteiger partial charge in [-0.3, -0.25) is 4.79 Å². The van der Waals surface area contributed by atoms with Crippen molar-refractivity contribution in [2.45, 2.75) is 50.9 Å².